The first-order valence-electron chi connectivity index (χ1n) is 6.95. The van der Waals surface area contributed by atoms with E-state index in [2.05, 4.69) is 5.32 Å². The minimum atomic E-state index is -0.858. The number of nitro benzene ring substituents is 1. The zero-order valence-corrected chi connectivity index (χ0v) is 14.4. The smallest absolute Gasteiger partial charge is 0.338 e. The van der Waals surface area contributed by atoms with Gasteiger partial charge in [0.25, 0.3) is 11.6 Å². The van der Waals surface area contributed by atoms with Crippen LogP contribution in [0.2, 0.25) is 10.0 Å². The van der Waals surface area contributed by atoms with E-state index in [1.165, 1.54) is 12.1 Å². The lowest BCUT2D eigenvalue weighted by Gasteiger charge is -2.09. The number of nitrogens with zero attached hydrogens (tertiary/aromatic N) is 1. The van der Waals surface area contributed by atoms with E-state index in [4.69, 9.17) is 27.9 Å². The van der Waals surface area contributed by atoms with Crippen LogP contribution in [-0.4, -0.2) is 23.4 Å². The van der Waals surface area contributed by atoms with Gasteiger partial charge in [-0.1, -0.05) is 35.3 Å². The van der Waals surface area contributed by atoms with Gasteiger partial charge in [0, 0.05) is 11.6 Å². The molecule has 0 aromatic heterocycles. The number of benzene rings is 2. The third-order valence-corrected chi connectivity index (χ3v) is 3.83. The van der Waals surface area contributed by atoms with Gasteiger partial charge in [0.2, 0.25) is 0 Å². The van der Waals surface area contributed by atoms with Crippen molar-refractivity contribution in [3.05, 3.63) is 67.7 Å². The van der Waals surface area contributed by atoms with Crippen molar-refractivity contribution in [3.63, 3.8) is 0 Å². The highest BCUT2D eigenvalue weighted by Gasteiger charge is 2.17. The second-order valence-corrected chi connectivity index (χ2v) is 5.79. The first-order chi connectivity index (χ1) is 11.8. The van der Waals surface area contributed by atoms with E-state index in [9.17, 15) is 19.7 Å². The van der Waals surface area contributed by atoms with E-state index in [0.717, 1.165) is 6.07 Å². The number of amides is 1. The van der Waals surface area contributed by atoms with E-state index in [-0.39, 0.29) is 27.0 Å². The number of carbonyl (C=O) groups excluding carboxylic acids is 2. The molecule has 130 valence electrons. The largest absolute Gasteiger partial charge is 0.452 e. The molecule has 0 saturated carbocycles. The topological polar surface area (TPSA) is 98.5 Å². The first-order valence-corrected chi connectivity index (χ1v) is 7.71. The summed E-state index contributed by atoms with van der Waals surface area (Å²) < 4.78 is 4.86. The van der Waals surface area contributed by atoms with Gasteiger partial charge in [-0.05, 0) is 25.1 Å². The summed E-state index contributed by atoms with van der Waals surface area (Å²) in [5.74, 6) is -1.51. The Kier molecular flexibility index (Phi) is 5.95. The lowest BCUT2D eigenvalue weighted by molar-refractivity contribution is -0.385. The number of anilines is 1. The van der Waals surface area contributed by atoms with Gasteiger partial charge >= 0.3 is 5.97 Å². The third-order valence-electron chi connectivity index (χ3n) is 3.20. The quantitative estimate of drug-likeness (QED) is 0.478. The molecule has 0 heterocycles. The van der Waals surface area contributed by atoms with E-state index in [1.807, 2.05) is 0 Å². The minimum Gasteiger partial charge on any atom is -0.452 e. The normalized spacial score (nSPS) is 10.2. The van der Waals surface area contributed by atoms with Gasteiger partial charge < -0.3 is 10.1 Å². The molecule has 7 nitrogen and oxygen atoms in total. The van der Waals surface area contributed by atoms with Crippen LogP contribution < -0.4 is 5.32 Å². The fourth-order valence-corrected chi connectivity index (χ4v) is 2.43. The number of nitro groups is 1. The van der Waals surface area contributed by atoms with Gasteiger partial charge in [-0.15, -0.1) is 0 Å². The molecule has 0 radical (unpaired) electrons. The third kappa shape index (κ3) is 4.68. The molecule has 0 aliphatic carbocycles. The van der Waals surface area contributed by atoms with Crippen LogP contribution in [-0.2, 0) is 9.53 Å². The Morgan fingerprint density at radius 1 is 1.20 bits per heavy atom. The maximum absolute atomic E-state index is 11.9. The summed E-state index contributed by atoms with van der Waals surface area (Å²) in [6.45, 7) is 0.954. The average molecular weight is 383 g/mol. The Morgan fingerprint density at radius 2 is 1.84 bits per heavy atom. The van der Waals surface area contributed by atoms with Crippen LogP contribution in [0.4, 0.5) is 11.4 Å². The van der Waals surface area contributed by atoms with Crippen molar-refractivity contribution in [2.75, 3.05) is 11.9 Å². The number of esters is 1. The van der Waals surface area contributed by atoms with Crippen LogP contribution in [0.25, 0.3) is 0 Å². The zero-order chi connectivity index (χ0) is 18.6. The Balaban J connectivity index is 2.01. The molecule has 2 aromatic rings. The maximum Gasteiger partial charge on any atom is 0.338 e. The van der Waals surface area contributed by atoms with Crippen LogP contribution in [0.15, 0.2) is 36.4 Å². The van der Waals surface area contributed by atoms with Crippen LogP contribution in [0.1, 0.15) is 15.9 Å². The number of aryl methyl sites for hydroxylation is 1. The van der Waals surface area contributed by atoms with Gasteiger partial charge in [0.15, 0.2) is 6.61 Å². The van der Waals surface area contributed by atoms with Crippen LogP contribution >= 0.6 is 23.2 Å². The molecular weight excluding hydrogens is 371 g/mol. The predicted molar refractivity (Wildman–Crippen MR) is 93.2 cm³/mol. The van der Waals surface area contributed by atoms with Gasteiger partial charge in [-0.3, -0.25) is 14.9 Å². The Bertz CT molecular complexity index is 834. The number of halogens is 2. The van der Waals surface area contributed by atoms with Gasteiger partial charge in [0.05, 0.1) is 26.2 Å². The highest BCUT2D eigenvalue weighted by atomic mass is 35.5. The molecule has 2 rings (SSSR count). The summed E-state index contributed by atoms with van der Waals surface area (Å²) in [7, 11) is 0. The molecule has 0 aliphatic heterocycles. The minimum absolute atomic E-state index is 0.0270. The second-order valence-electron chi connectivity index (χ2n) is 4.98. The summed E-state index contributed by atoms with van der Waals surface area (Å²) in [6, 6.07) is 8.61. The number of carbonyl (C=O) groups is 2. The molecule has 0 bridgehead atoms. The standard InChI is InChI=1S/C16H12Cl2N2O5/c1-9-5-6-10(7-13(9)20(23)24)16(22)25-8-14(21)19-15-11(17)3-2-4-12(15)18/h2-7H,8H2,1H3,(H,19,21). The maximum atomic E-state index is 11.9. The van der Waals surface area contributed by atoms with Crippen molar-refractivity contribution in [1.82, 2.24) is 0 Å². The van der Waals surface area contributed by atoms with Crippen LogP contribution in [0, 0.1) is 17.0 Å². The average Bonchev–Trinajstić information content (AvgIpc) is 2.56. The number of hydrogen-bond acceptors (Lipinski definition) is 5. The Labute approximate surface area is 152 Å². The molecule has 0 spiro atoms. The van der Waals surface area contributed by atoms with E-state index >= 15 is 0 Å². The first kappa shape index (κ1) is 18.7. The van der Waals surface area contributed by atoms with Crippen LogP contribution in [0.5, 0.6) is 0 Å². The van der Waals surface area contributed by atoms with Crippen molar-refractivity contribution < 1.29 is 19.2 Å². The molecule has 1 N–H and O–H groups in total. The fourth-order valence-electron chi connectivity index (χ4n) is 1.94. The molecule has 0 unspecified atom stereocenters. The van der Waals surface area contributed by atoms with E-state index < -0.39 is 23.4 Å². The lowest BCUT2D eigenvalue weighted by Crippen LogP contribution is -2.21. The van der Waals surface area contributed by atoms with E-state index in [1.54, 1.807) is 25.1 Å². The molecule has 0 fully saturated rings. The SMILES string of the molecule is Cc1ccc(C(=O)OCC(=O)Nc2c(Cl)cccc2Cl)cc1[N+](=O)[O-]. The fraction of sp³-hybridized carbons (Fsp3) is 0.125. The van der Waals surface area contributed by atoms with Crippen molar-refractivity contribution in [2.45, 2.75) is 6.92 Å². The molecule has 25 heavy (non-hydrogen) atoms. The monoisotopic (exact) mass is 382 g/mol. The highest BCUT2D eigenvalue weighted by Crippen LogP contribution is 2.29. The summed E-state index contributed by atoms with van der Waals surface area (Å²) >= 11 is 11.8. The molecule has 1 amide bonds. The summed E-state index contributed by atoms with van der Waals surface area (Å²) in [5.41, 5.74) is 0.383. The van der Waals surface area contributed by atoms with Crippen molar-refractivity contribution in [3.8, 4) is 0 Å². The molecule has 2 aromatic carbocycles. The summed E-state index contributed by atoms with van der Waals surface area (Å²) in [5, 5.41) is 13.8. The summed E-state index contributed by atoms with van der Waals surface area (Å²) in [4.78, 5) is 34.1. The molecule has 0 atom stereocenters. The molecule has 9 heteroatoms. The number of nitrogens with one attached hydrogen (secondary N) is 1. The zero-order valence-electron chi connectivity index (χ0n) is 12.9. The lowest BCUT2D eigenvalue weighted by atomic mass is 10.1. The number of rotatable bonds is 5. The van der Waals surface area contributed by atoms with Gasteiger partial charge in [-0.2, -0.15) is 0 Å². The van der Waals surface area contributed by atoms with Crippen LogP contribution in [0.3, 0.4) is 0 Å². The Hall–Kier alpha value is -2.64. The molecular formula is C16H12Cl2N2O5. The Morgan fingerprint density at radius 3 is 2.44 bits per heavy atom. The number of para-hydroxylation sites is 1. The predicted octanol–water partition coefficient (Wildman–Crippen LogP) is 4.01. The molecule has 0 aliphatic rings. The second kappa shape index (κ2) is 7.96. The number of ether oxygens (including phenoxy) is 1. The van der Waals surface area contributed by atoms with Crippen molar-refractivity contribution in [2.24, 2.45) is 0 Å². The van der Waals surface area contributed by atoms with Crippen molar-refractivity contribution >= 4 is 46.5 Å². The molecule has 0 saturated heterocycles. The van der Waals surface area contributed by atoms with Gasteiger partial charge in [0.1, 0.15) is 0 Å². The highest BCUT2D eigenvalue weighted by molar-refractivity contribution is 6.39. The number of hydrogen-bond donors (Lipinski definition) is 1. The van der Waals surface area contributed by atoms with Crippen molar-refractivity contribution in [1.29, 1.82) is 0 Å². The van der Waals surface area contributed by atoms with Gasteiger partial charge in [-0.25, -0.2) is 4.79 Å². The van der Waals surface area contributed by atoms with E-state index in [0.29, 0.717) is 5.56 Å². The summed E-state index contributed by atoms with van der Waals surface area (Å²) in [6.07, 6.45) is 0.